The maximum absolute atomic E-state index is 13.1. The van der Waals surface area contributed by atoms with Crippen LogP contribution >= 0.6 is 23.1 Å². The number of nitrogens with zero attached hydrogens (tertiary/aromatic N) is 5. The van der Waals surface area contributed by atoms with Crippen LogP contribution in [0.4, 0.5) is 5.82 Å². The average molecular weight is 483 g/mol. The zero-order valence-electron chi connectivity index (χ0n) is 18.7. The predicted molar refractivity (Wildman–Crippen MR) is 131 cm³/mol. The van der Waals surface area contributed by atoms with Crippen LogP contribution in [0.5, 0.6) is 0 Å². The summed E-state index contributed by atoms with van der Waals surface area (Å²) in [6.45, 7) is 6.92. The van der Waals surface area contributed by atoms with Gasteiger partial charge in [-0.25, -0.2) is 9.97 Å². The molecule has 8 nitrogen and oxygen atoms in total. The minimum atomic E-state index is -0.241. The van der Waals surface area contributed by atoms with Gasteiger partial charge in [-0.3, -0.25) is 14.3 Å². The number of thiazole rings is 1. The van der Waals surface area contributed by atoms with E-state index >= 15 is 0 Å². The molecule has 172 valence electrons. The molecule has 4 heterocycles. The van der Waals surface area contributed by atoms with Gasteiger partial charge in [0.1, 0.15) is 16.5 Å². The van der Waals surface area contributed by atoms with Gasteiger partial charge in [0.2, 0.25) is 0 Å². The van der Waals surface area contributed by atoms with Gasteiger partial charge in [0.05, 0.1) is 16.3 Å². The van der Waals surface area contributed by atoms with E-state index < -0.39 is 0 Å². The van der Waals surface area contributed by atoms with Gasteiger partial charge < -0.3 is 10.2 Å². The molecule has 33 heavy (non-hydrogen) atoms. The fourth-order valence-corrected chi connectivity index (χ4v) is 5.49. The van der Waals surface area contributed by atoms with E-state index in [2.05, 4.69) is 27.0 Å². The van der Waals surface area contributed by atoms with Crippen molar-refractivity contribution in [3.05, 3.63) is 64.4 Å². The zero-order valence-corrected chi connectivity index (χ0v) is 20.3. The summed E-state index contributed by atoms with van der Waals surface area (Å²) >= 11 is 3.02. The monoisotopic (exact) mass is 482 g/mol. The number of amides is 2. The number of hydrogen-bond acceptors (Lipinski definition) is 7. The molecule has 0 atom stereocenters. The number of thioether (sulfide) groups is 1. The van der Waals surface area contributed by atoms with E-state index in [-0.39, 0.29) is 17.7 Å². The molecule has 1 aliphatic rings. The lowest BCUT2D eigenvalue weighted by Gasteiger charge is -2.31. The van der Waals surface area contributed by atoms with Crippen molar-refractivity contribution in [3.8, 4) is 0 Å². The summed E-state index contributed by atoms with van der Waals surface area (Å²) in [5.74, 6) is 1.36. The molecule has 1 aliphatic heterocycles. The van der Waals surface area contributed by atoms with Crippen molar-refractivity contribution in [2.75, 3.05) is 24.2 Å². The van der Waals surface area contributed by atoms with Gasteiger partial charge in [-0.2, -0.15) is 5.10 Å². The molecule has 2 amide bonds. The van der Waals surface area contributed by atoms with E-state index in [0.717, 1.165) is 28.6 Å². The van der Waals surface area contributed by atoms with Gasteiger partial charge in [-0.05, 0) is 31.9 Å². The molecule has 0 saturated carbocycles. The van der Waals surface area contributed by atoms with Crippen LogP contribution in [-0.2, 0) is 7.05 Å². The lowest BCUT2D eigenvalue weighted by atomic mass is 9.97. The molecular formula is C23H26N6O2S2. The number of hydrogen-bond donors (Lipinski definition) is 1. The summed E-state index contributed by atoms with van der Waals surface area (Å²) in [6, 6.07) is 5.46. The topological polar surface area (TPSA) is 93.0 Å². The Hall–Kier alpha value is -2.98. The number of aromatic nitrogens is 4. The van der Waals surface area contributed by atoms with Crippen LogP contribution in [0.3, 0.4) is 0 Å². The Labute approximate surface area is 201 Å². The highest BCUT2D eigenvalue weighted by atomic mass is 32.2. The van der Waals surface area contributed by atoms with Crippen molar-refractivity contribution in [2.24, 2.45) is 7.05 Å². The Bertz CT molecular complexity index is 1160. The van der Waals surface area contributed by atoms with Gasteiger partial charge in [-0.1, -0.05) is 6.08 Å². The third kappa shape index (κ3) is 5.33. The first-order valence-corrected chi connectivity index (χ1v) is 12.6. The number of aryl methyl sites for hydroxylation is 2. The molecule has 1 N–H and O–H groups in total. The van der Waals surface area contributed by atoms with E-state index in [1.165, 1.54) is 23.1 Å². The van der Waals surface area contributed by atoms with Gasteiger partial charge in [0, 0.05) is 49.5 Å². The molecule has 0 spiro atoms. The van der Waals surface area contributed by atoms with E-state index in [4.69, 9.17) is 0 Å². The Balaban J connectivity index is 1.36. The summed E-state index contributed by atoms with van der Waals surface area (Å²) in [6.07, 6.45) is 5.15. The Morgan fingerprint density at radius 2 is 2.15 bits per heavy atom. The molecule has 3 aromatic rings. The number of pyridine rings is 1. The molecule has 0 aliphatic carbocycles. The number of carbonyl (C=O) groups excluding carboxylic acids is 2. The minimum Gasteiger partial charge on any atom is -0.339 e. The summed E-state index contributed by atoms with van der Waals surface area (Å²) in [7, 11) is 1.79. The summed E-state index contributed by atoms with van der Waals surface area (Å²) in [5.41, 5.74) is 1.89. The van der Waals surface area contributed by atoms with Crippen molar-refractivity contribution in [3.63, 3.8) is 0 Å². The quantitative estimate of drug-likeness (QED) is 0.402. The van der Waals surface area contributed by atoms with Crippen molar-refractivity contribution in [1.29, 1.82) is 0 Å². The molecule has 0 aromatic carbocycles. The number of carbonyl (C=O) groups is 2. The molecule has 0 radical (unpaired) electrons. The van der Waals surface area contributed by atoms with E-state index in [9.17, 15) is 9.59 Å². The van der Waals surface area contributed by atoms with Crippen LogP contribution in [0.1, 0.15) is 50.3 Å². The smallest absolute Gasteiger partial charge is 0.276 e. The van der Waals surface area contributed by atoms with Crippen molar-refractivity contribution in [1.82, 2.24) is 24.6 Å². The van der Waals surface area contributed by atoms with Crippen LogP contribution in [-0.4, -0.2) is 55.3 Å². The molecule has 1 saturated heterocycles. The highest BCUT2D eigenvalue weighted by Gasteiger charge is 2.28. The third-order valence-corrected chi connectivity index (χ3v) is 7.48. The summed E-state index contributed by atoms with van der Waals surface area (Å²) in [4.78, 5) is 36.5. The van der Waals surface area contributed by atoms with Gasteiger partial charge in [0.15, 0.2) is 0 Å². The Kier molecular flexibility index (Phi) is 7.24. The normalized spacial score (nSPS) is 14.3. The van der Waals surface area contributed by atoms with Crippen LogP contribution in [0.15, 0.2) is 47.5 Å². The van der Waals surface area contributed by atoms with Crippen molar-refractivity contribution < 1.29 is 9.59 Å². The third-order valence-electron chi connectivity index (χ3n) is 5.47. The van der Waals surface area contributed by atoms with Crippen LogP contribution in [0, 0.1) is 6.92 Å². The predicted octanol–water partition coefficient (Wildman–Crippen LogP) is 4.13. The second-order valence-electron chi connectivity index (χ2n) is 7.84. The number of nitrogens with one attached hydrogen (secondary N) is 1. The highest BCUT2D eigenvalue weighted by Crippen LogP contribution is 2.32. The first-order chi connectivity index (χ1) is 16.0. The van der Waals surface area contributed by atoms with E-state index in [1.807, 2.05) is 24.0 Å². The number of anilines is 1. The largest absolute Gasteiger partial charge is 0.339 e. The minimum absolute atomic E-state index is 0.0128. The molecule has 0 unspecified atom stereocenters. The fraction of sp³-hybridized carbons (Fsp3) is 0.348. The number of rotatable bonds is 7. The van der Waals surface area contributed by atoms with Crippen LogP contribution < -0.4 is 5.32 Å². The Morgan fingerprint density at radius 1 is 1.36 bits per heavy atom. The zero-order chi connectivity index (χ0) is 23.4. The molecule has 0 bridgehead atoms. The molecular weight excluding hydrogens is 456 g/mol. The van der Waals surface area contributed by atoms with Gasteiger partial charge in [-0.15, -0.1) is 29.7 Å². The summed E-state index contributed by atoms with van der Waals surface area (Å²) < 4.78 is 1.64. The van der Waals surface area contributed by atoms with Crippen molar-refractivity contribution in [2.45, 2.75) is 30.7 Å². The van der Waals surface area contributed by atoms with Crippen LogP contribution in [0.2, 0.25) is 0 Å². The van der Waals surface area contributed by atoms with E-state index in [1.54, 1.807) is 35.4 Å². The van der Waals surface area contributed by atoms with Crippen molar-refractivity contribution >= 4 is 40.7 Å². The Morgan fingerprint density at radius 3 is 2.85 bits per heavy atom. The standard InChI is InChI=1S/C23H26N6O2S2/c1-4-12-32-22-17(6-5-9-24-22)23(31)29-10-7-16(8-11-29)21-25-18(14-33-21)20(30)26-19-13-15(2)27-28(19)3/h4-6,9,13-14,16H,1,7-8,10-12H2,2-3H3,(H,26,30). The number of piperidine rings is 1. The lowest BCUT2D eigenvalue weighted by Crippen LogP contribution is -2.38. The van der Waals surface area contributed by atoms with Gasteiger partial charge in [0.25, 0.3) is 11.8 Å². The first-order valence-electron chi connectivity index (χ1n) is 10.7. The van der Waals surface area contributed by atoms with Crippen LogP contribution in [0.25, 0.3) is 0 Å². The second kappa shape index (κ2) is 10.3. The SMILES string of the molecule is C=CCSc1ncccc1C(=O)N1CCC(c2nc(C(=O)Nc3cc(C)nn3C)cs2)CC1. The maximum atomic E-state index is 13.1. The summed E-state index contributed by atoms with van der Waals surface area (Å²) in [5, 5.41) is 10.6. The highest BCUT2D eigenvalue weighted by molar-refractivity contribution is 7.99. The second-order valence-corrected chi connectivity index (χ2v) is 9.74. The fourth-order valence-electron chi connectivity index (χ4n) is 3.79. The maximum Gasteiger partial charge on any atom is 0.276 e. The van der Waals surface area contributed by atoms with E-state index in [0.29, 0.717) is 35.9 Å². The molecule has 10 heteroatoms. The molecule has 4 rings (SSSR count). The average Bonchev–Trinajstić information content (AvgIpc) is 3.44. The van der Waals surface area contributed by atoms with Gasteiger partial charge >= 0.3 is 0 Å². The number of likely N-dealkylation sites (tertiary alicyclic amines) is 1. The molecule has 3 aromatic heterocycles. The first kappa shape index (κ1) is 23.2. The lowest BCUT2D eigenvalue weighted by molar-refractivity contribution is 0.0708. The molecule has 1 fully saturated rings.